The van der Waals surface area contributed by atoms with E-state index in [-0.39, 0.29) is 5.38 Å². The Kier molecular flexibility index (Phi) is 3.64. The van der Waals surface area contributed by atoms with E-state index in [1.807, 2.05) is 30.1 Å². The molecule has 90 valence electrons. The van der Waals surface area contributed by atoms with Gasteiger partial charge in [-0.2, -0.15) is 0 Å². The van der Waals surface area contributed by atoms with Crippen LogP contribution in [0.4, 0.5) is 6.01 Å². The summed E-state index contributed by atoms with van der Waals surface area (Å²) >= 11 is 5.87. The highest BCUT2D eigenvalue weighted by atomic mass is 35.5. The molecule has 1 aromatic heterocycles. The van der Waals surface area contributed by atoms with E-state index >= 15 is 0 Å². The lowest BCUT2D eigenvalue weighted by atomic mass is 10.2. The summed E-state index contributed by atoms with van der Waals surface area (Å²) in [5, 5.41) is 7.58. The Morgan fingerprint density at radius 2 is 2.00 bits per heavy atom. The molecule has 1 unspecified atom stereocenters. The second-order valence-corrected chi connectivity index (χ2v) is 4.54. The first-order chi connectivity index (χ1) is 8.16. The Balaban J connectivity index is 2.07. The highest BCUT2D eigenvalue weighted by Gasteiger charge is 2.14. The van der Waals surface area contributed by atoms with Gasteiger partial charge in [-0.15, -0.1) is 16.7 Å². The van der Waals surface area contributed by atoms with Gasteiger partial charge < -0.3 is 9.32 Å². The molecule has 1 heterocycles. The van der Waals surface area contributed by atoms with E-state index in [1.165, 1.54) is 5.56 Å². The van der Waals surface area contributed by atoms with Crippen LogP contribution in [0.1, 0.15) is 23.8 Å². The number of nitrogens with zero attached hydrogens (tertiary/aromatic N) is 3. The van der Waals surface area contributed by atoms with Crippen LogP contribution in [0.25, 0.3) is 0 Å². The van der Waals surface area contributed by atoms with Crippen LogP contribution >= 0.6 is 11.6 Å². The van der Waals surface area contributed by atoms with E-state index in [4.69, 9.17) is 16.0 Å². The lowest BCUT2D eigenvalue weighted by Crippen LogP contribution is -2.16. The Bertz CT molecular complexity index is 470. The van der Waals surface area contributed by atoms with Crippen molar-refractivity contribution in [2.75, 3.05) is 11.9 Å². The average Bonchev–Trinajstić information content (AvgIpc) is 2.79. The van der Waals surface area contributed by atoms with Gasteiger partial charge in [0.2, 0.25) is 5.89 Å². The Hall–Kier alpha value is -1.55. The van der Waals surface area contributed by atoms with Crippen molar-refractivity contribution in [3.05, 3.63) is 41.8 Å². The molecule has 0 saturated heterocycles. The molecule has 0 saturated carbocycles. The van der Waals surface area contributed by atoms with Gasteiger partial charge in [-0.25, -0.2) is 0 Å². The van der Waals surface area contributed by atoms with Crippen LogP contribution in [-0.4, -0.2) is 17.2 Å². The van der Waals surface area contributed by atoms with Gasteiger partial charge in [0, 0.05) is 13.6 Å². The van der Waals surface area contributed by atoms with Gasteiger partial charge in [0.15, 0.2) is 0 Å². The van der Waals surface area contributed by atoms with Crippen LogP contribution in [0.5, 0.6) is 0 Å². The van der Waals surface area contributed by atoms with Crippen molar-refractivity contribution in [3.63, 3.8) is 0 Å². The zero-order chi connectivity index (χ0) is 12.3. The highest BCUT2D eigenvalue weighted by molar-refractivity contribution is 6.20. The minimum Gasteiger partial charge on any atom is -0.406 e. The van der Waals surface area contributed by atoms with Crippen molar-refractivity contribution >= 4 is 17.6 Å². The zero-order valence-electron chi connectivity index (χ0n) is 9.80. The van der Waals surface area contributed by atoms with Crippen LogP contribution in [-0.2, 0) is 6.54 Å². The minimum atomic E-state index is -0.263. The molecule has 0 aliphatic rings. The molecule has 0 fully saturated rings. The van der Waals surface area contributed by atoms with Gasteiger partial charge in [0.25, 0.3) is 0 Å². The molecule has 0 radical (unpaired) electrons. The van der Waals surface area contributed by atoms with E-state index in [1.54, 1.807) is 6.92 Å². The molecular weight excluding hydrogens is 238 g/mol. The molecular formula is C12H14ClN3O. The van der Waals surface area contributed by atoms with E-state index < -0.39 is 0 Å². The van der Waals surface area contributed by atoms with Gasteiger partial charge in [-0.05, 0) is 12.5 Å². The standard InChI is InChI=1S/C12H14ClN3O/c1-9(13)11-14-15-12(17-11)16(2)8-10-6-4-3-5-7-10/h3-7,9H,8H2,1-2H3. The SMILES string of the molecule is CC(Cl)c1nnc(N(C)Cc2ccccc2)o1. The largest absolute Gasteiger partial charge is 0.406 e. The van der Waals surface area contributed by atoms with Crippen LogP contribution in [0.2, 0.25) is 0 Å². The summed E-state index contributed by atoms with van der Waals surface area (Å²) in [6.07, 6.45) is 0. The van der Waals surface area contributed by atoms with E-state index in [2.05, 4.69) is 22.3 Å². The molecule has 2 rings (SSSR count). The fourth-order valence-electron chi connectivity index (χ4n) is 1.47. The third-order valence-corrected chi connectivity index (χ3v) is 2.55. The highest BCUT2D eigenvalue weighted by Crippen LogP contribution is 2.21. The fraction of sp³-hybridized carbons (Fsp3) is 0.333. The molecule has 4 nitrogen and oxygen atoms in total. The van der Waals surface area contributed by atoms with Crippen molar-refractivity contribution in [3.8, 4) is 0 Å². The molecule has 2 aromatic rings. The third kappa shape index (κ3) is 2.97. The molecule has 1 aromatic carbocycles. The lowest BCUT2D eigenvalue weighted by molar-refractivity contribution is 0.489. The Morgan fingerprint density at radius 3 is 2.59 bits per heavy atom. The van der Waals surface area contributed by atoms with E-state index in [0.717, 1.165) is 6.54 Å². The van der Waals surface area contributed by atoms with Gasteiger partial charge in [-0.1, -0.05) is 35.4 Å². The zero-order valence-corrected chi connectivity index (χ0v) is 10.6. The maximum absolute atomic E-state index is 5.87. The van der Waals surface area contributed by atoms with Gasteiger partial charge in [0.05, 0.1) is 0 Å². The number of halogens is 1. The van der Waals surface area contributed by atoms with Crippen LogP contribution in [0.15, 0.2) is 34.7 Å². The number of anilines is 1. The predicted molar refractivity (Wildman–Crippen MR) is 67.1 cm³/mol. The van der Waals surface area contributed by atoms with Crippen molar-refractivity contribution < 1.29 is 4.42 Å². The molecule has 1 atom stereocenters. The van der Waals surface area contributed by atoms with Crippen LogP contribution in [0.3, 0.4) is 0 Å². The molecule has 0 spiro atoms. The molecule has 0 N–H and O–H groups in total. The molecule has 0 bridgehead atoms. The number of benzene rings is 1. The molecule has 0 aliphatic heterocycles. The van der Waals surface area contributed by atoms with Crippen molar-refractivity contribution in [2.24, 2.45) is 0 Å². The molecule has 0 amide bonds. The molecule has 17 heavy (non-hydrogen) atoms. The topological polar surface area (TPSA) is 42.2 Å². The van der Waals surface area contributed by atoms with Crippen molar-refractivity contribution in [1.82, 2.24) is 10.2 Å². The number of rotatable bonds is 4. The predicted octanol–water partition coefficient (Wildman–Crippen LogP) is 3.01. The summed E-state index contributed by atoms with van der Waals surface area (Å²) < 4.78 is 5.45. The second kappa shape index (κ2) is 5.19. The fourth-order valence-corrected chi connectivity index (χ4v) is 1.55. The third-order valence-electron chi connectivity index (χ3n) is 2.36. The van der Waals surface area contributed by atoms with Crippen molar-refractivity contribution in [1.29, 1.82) is 0 Å². The van der Waals surface area contributed by atoms with Crippen molar-refractivity contribution in [2.45, 2.75) is 18.8 Å². The summed E-state index contributed by atoms with van der Waals surface area (Å²) in [6.45, 7) is 2.52. The molecule has 5 heteroatoms. The number of hydrogen-bond acceptors (Lipinski definition) is 4. The normalized spacial score (nSPS) is 12.4. The maximum atomic E-state index is 5.87. The minimum absolute atomic E-state index is 0.263. The number of aromatic nitrogens is 2. The van der Waals surface area contributed by atoms with Crippen LogP contribution < -0.4 is 4.90 Å². The first kappa shape index (κ1) is 11.9. The van der Waals surface area contributed by atoms with E-state index in [9.17, 15) is 0 Å². The molecule has 0 aliphatic carbocycles. The van der Waals surface area contributed by atoms with Gasteiger partial charge >= 0.3 is 6.01 Å². The summed E-state index contributed by atoms with van der Waals surface area (Å²) in [4.78, 5) is 1.89. The quantitative estimate of drug-likeness (QED) is 0.784. The maximum Gasteiger partial charge on any atom is 0.318 e. The Morgan fingerprint density at radius 1 is 1.29 bits per heavy atom. The van der Waals surface area contributed by atoms with E-state index in [0.29, 0.717) is 11.9 Å². The first-order valence-corrected chi connectivity index (χ1v) is 5.83. The summed E-state index contributed by atoms with van der Waals surface area (Å²) in [5.41, 5.74) is 1.19. The lowest BCUT2D eigenvalue weighted by Gasteiger charge is -2.13. The monoisotopic (exact) mass is 251 g/mol. The van der Waals surface area contributed by atoms with Crippen LogP contribution in [0, 0.1) is 0 Å². The summed E-state index contributed by atoms with van der Waals surface area (Å²) in [5.74, 6) is 0.446. The first-order valence-electron chi connectivity index (χ1n) is 5.39. The summed E-state index contributed by atoms with van der Waals surface area (Å²) in [7, 11) is 1.91. The average molecular weight is 252 g/mol. The van der Waals surface area contributed by atoms with Gasteiger partial charge in [-0.3, -0.25) is 0 Å². The second-order valence-electron chi connectivity index (χ2n) is 3.88. The van der Waals surface area contributed by atoms with Gasteiger partial charge in [0.1, 0.15) is 5.38 Å². The number of alkyl halides is 1. The number of hydrogen-bond donors (Lipinski definition) is 0. The Labute approximate surface area is 105 Å². The smallest absolute Gasteiger partial charge is 0.318 e. The summed E-state index contributed by atoms with van der Waals surface area (Å²) in [6, 6.07) is 10.6.